The van der Waals surface area contributed by atoms with E-state index in [1.54, 1.807) is 30.2 Å². The van der Waals surface area contributed by atoms with Crippen LogP contribution >= 0.6 is 11.3 Å². The van der Waals surface area contributed by atoms with E-state index in [1.165, 1.54) is 18.2 Å². The average molecular weight is 441 g/mol. The van der Waals surface area contributed by atoms with Crippen LogP contribution in [0.4, 0.5) is 20.6 Å². The van der Waals surface area contributed by atoms with Gasteiger partial charge in [0, 0.05) is 12.2 Å². The standard InChI is InChI=1S/C21H20FN5O3S/c1-30-17-10-3-2-8-15(17)24-21(29)27-11-5-9-16(27)19-25-26-20(31-19)18(28)23-14-7-4-6-13(22)12-14/h2-4,6-8,10,12,16H,5,9,11H2,1H3,(H,23,28)(H,24,29). The number of amides is 3. The highest BCUT2D eigenvalue weighted by Crippen LogP contribution is 2.35. The highest BCUT2D eigenvalue weighted by Gasteiger charge is 2.33. The molecule has 0 radical (unpaired) electrons. The van der Waals surface area contributed by atoms with E-state index in [0.717, 1.165) is 24.2 Å². The fraction of sp³-hybridized carbons (Fsp3) is 0.238. The zero-order valence-electron chi connectivity index (χ0n) is 16.7. The summed E-state index contributed by atoms with van der Waals surface area (Å²) in [6.07, 6.45) is 1.54. The highest BCUT2D eigenvalue weighted by atomic mass is 32.1. The first-order valence-electron chi connectivity index (χ1n) is 9.66. The zero-order valence-corrected chi connectivity index (χ0v) is 17.5. The van der Waals surface area contributed by atoms with Crippen molar-refractivity contribution in [2.45, 2.75) is 18.9 Å². The van der Waals surface area contributed by atoms with Gasteiger partial charge in [-0.25, -0.2) is 9.18 Å². The summed E-state index contributed by atoms with van der Waals surface area (Å²) in [5.41, 5.74) is 0.911. The van der Waals surface area contributed by atoms with Crippen molar-refractivity contribution in [3.8, 4) is 5.75 Å². The van der Waals surface area contributed by atoms with E-state index in [-0.39, 0.29) is 17.1 Å². The Hall–Kier alpha value is -3.53. The number of benzene rings is 2. The number of nitrogens with one attached hydrogen (secondary N) is 2. The topological polar surface area (TPSA) is 96.4 Å². The molecule has 0 spiro atoms. The largest absolute Gasteiger partial charge is 0.495 e. The Balaban J connectivity index is 1.46. The number of hydrogen-bond acceptors (Lipinski definition) is 6. The predicted octanol–water partition coefficient (Wildman–Crippen LogP) is 4.31. The molecule has 1 aliphatic rings. The third kappa shape index (κ3) is 4.64. The summed E-state index contributed by atoms with van der Waals surface area (Å²) in [6.45, 7) is 0.566. The number of urea groups is 1. The lowest BCUT2D eigenvalue weighted by molar-refractivity contribution is 0.102. The maximum Gasteiger partial charge on any atom is 0.322 e. The molecule has 2 heterocycles. The van der Waals surface area contributed by atoms with E-state index in [4.69, 9.17) is 4.74 Å². The summed E-state index contributed by atoms with van der Waals surface area (Å²) in [5, 5.41) is 14.3. The second-order valence-electron chi connectivity index (χ2n) is 6.89. The molecule has 3 aromatic rings. The Bertz CT molecular complexity index is 1110. The lowest BCUT2D eigenvalue weighted by atomic mass is 10.2. The van der Waals surface area contributed by atoms with E-state index in [0.29, 0.717) is 28.7 Å². The fourth-order valence-corrected chi connectivity index (χ4v) is 4.30. The van der Waals surface area contributed by atoms with Crippen molar-refractivity contribution >= 4 is 34.6 Å². The lowest BCUT2D eigenvalue weighted by Gasteiger charge is -2.23. The molecule has 1 unspecified atom stereocenters. The number of para-hydroxylation sites is 2. The monoisotopic (exact) mass is 441 g/mol. The summed E-state index contributed by atoms with van der Waals surface area (Å²) in [6, 6.07) is 12.2. The van der Waals surface area contributed by atoms with E-state index < -0.39 is 11.7 Å². The minimum Gasteiger partial charge on any atom is -0.495 e. The van der Waals surface area contributed by atoms with Crippen LogP contribution in [-0.2, 0) is 0 Å². The molecule has 1 aromatic heterocycles. The first kappa shape index (κ1) is 20.7. The van der Waals surface area contributed by atoms with Crippen LogP contribution in [0.25, 0.3) is 0 Å². The highest BCUT2D eigenvalue weighted by molar-refractivity contribution is 7.13. The number of hydrogen-bond donors (Lipinski definition) is 2. The number of aromatic nitrogens is 2. The van der Waals surface area contributed by atoms with Crippen LogP contribution in [-0.4, -0.2) is 40.7 Å². The molecule has 1 aliphatic heterocycles. The number of ether oxygens (including phenoxy) is 1. The van der Waals surface area contributed by atoms with Gasteiger partial charge in [-0.3, -0.25) is 4.79 Å². The quantitative estimate of drug-likeness (QED) is 0.615. The van der Waals surface area contributed by atoms with Gasteiger partial charge in [0.25, 0.3) is 5.91 Å². The molecule has 1 saturated heterocycles. The van der Waals surface area contributed by atoms with Gasteiger partial charge in [-0.1, -0.05) is 29.5 Å². The van der Waals surface area contributed by atoms with Gasteiger partial charge in [0.1, 0.15) is 16.6 Å². The number of anilines is 2. The molecular weight excluding hydrogens is 421 g/mol. The lowest BCUT2D eigenvalue weighted by Crippen LogP contribution is -2.34. The van der Waals surface area contributed by atoms with Gasteiger partial charge in [0.2, 0.25) is 5.01 Å². The molecule has 160 valence electrons. The molecule has 1 atom stereocenters. The smallest absolute Gasteiger partial charge is 0.322 e. The minimum atomic E-state index is -0.475. The Morgan fingerprint density at radius 1 is 1.16 bits per heavy atom. The third-order valence-corrected chi connectivity index (χ3v) is 5.89. The van der Waals surface area contributed by atoms with Gasteiger partial charge >= 0.3 is 6.03 Å². The Morgan fingerprint density at radius 2 is 2.00 bits per heavy atom. The van der Waals surface area contributed by atoms with Gasteiger partial charge in [-0.05, 0) is 43.2 Å². The fourth-order valence-electron chi connectivity index (χ4n) is 3.41. The van der Waals surface area contributed by atoms with Crippen molar-refractivity contribution in [3.63, 3.8) is 0 Å². The summed E-state index contributed by atoms with van der Waals surface area (Å²) in [7, 11) is 1.54. The zero-order chi connectivity index (χ0) is 21.8. The number of methoxy groups -OCH3 is 1. The van der Waals surface area contributed by atoms with E-state index >= 15 is 0 Å². The van der Waals surface area contributed by atoms with Gasteiger partial charge < -0.3 is 20.3 Å². The second-order valence-corrected chi connectivity index (χ2v) is 7.90. The van der Waals surface area contributed by atoms with E-state index in [1.807, 2.05) is 12.1 Å². The number of halogens is 1. The maximum atomic E-state index is 13.3. The first-order chi connectivity index (χ1) is 15.0. The van der Waals surface area contributed by atoms with Gasteiger partial charge in [0.15, 0.2) is 0 Å². The van der Waals surface area contributed by atoms with Crippen LogP contribution in [0, 0.1) is 5.82 Å². The van der Waals surface area contributed by atoms with Crippen molar-refractivity contribution in [3.05, 3.63) is 64.4 Å². The molecule has 2 aromatic carbocycles. The molecule has 8 nitrogen and oxygen atoms in total. The molecule has 3 amide bonds. The molecule has 4 rings (SSSR count). The number of carbonyl (C=O) groups is 2. The molecule has 2 N–H and O–H groups in total. The SMILES string of the molecule is COc1ccccc1NC(=O)N1CCCC1c1nnc(C(=O)Nc2cccc(F)c2)s1. The molecule has 0 aliphatic carbocycles. The molecule has 1 fully saturated rings. The molecular formula is C21H20FN5O3S. The van der Waals surface area contributed by atoms with Gasteiger partial charge in [-0.15, -0.1) is 10.2 Å². The number of nitrogens with zero attached hydrogens (tertiary/aromatic N) is 3. The normalized spacial score (nSPS) is 15.5. The van der Waals surface area contributed by atoms with E-state index in [9.17, 15) is 14.0 Å². The maximum absolute atomic E-state index is 13.3. The predicted molar refractivity (Wildman–Crippen MR) is 115 cm³/mol. The molecule has 10 heteroatoms. The van der Waals surface area contributed by atoms with Gasteiger partial charge in [0.05, 0.1) is 18.8 Å². The number of carbonyl (C=O) groups excluding carboxylic acids is 2. The molecule has 31 heavy (non-hydrogen) atoms. The van der Waals surface area contributed by atoms with Crippen molar-refractivity contribution in [1.82, 2.24) is 15.1 Å². The van der Waals surface area contributed by atoms with Crippen molar-refractivity contribution in [2.24, 2.45) is 0 Å². The third-order valence-electron chi connectivity index (χ3n) is 4.86. The van der Waals surface area contributed by atoms with Crippen LogP contribution in [0.5, 0.6) is 5.75 Å². The van der Waals surface area contributed by atoms with Crippen molar-refractivity contribution in [1.29, 1.82) is 0 Å². The van der Waals surface area contributed by atoms with Crippen molar-refractivity contribution < 1.29 is 18.7 Å². The van der Waals surface area contributed by atoms with Crippen LogP contribution in [0.3, 0.4) is 0 Å². The summed E-state index contributed by atoms with van der Waals surface area (Å²) in [5.74, 6) is -0.352. The summed E-state index contributed by atoms with van der Waals surface area (Å²) in [4.78, 5) is 27.0. The van der Waals surface area contributed by atoms with Crippen LogP contribution in [0.1, 0.15) is 33.7 Å². The van der Waals surface area contributed by atoms with Crippen molar-refractivity contribution in [2.75, 3.05) is 24.3 Å². The van der Waals surface area contributed by atoms with Crippen LogP contribution in [0.2, 0.25) is 0 Å². The van der Waals surface area contributed by atoms with Crippen LogP contribution in [0.15, 0.2) is 48.5 Å². The Labute approximate surface area is 182 Å². The second kappa shape index (κ2) is 9.09. The Morgan fingerprint density at radius 3 is 2.81 bits per heavy atom. The Kier molecular flexibility index (Phi) is 6.08. The summed E-state index contributed by atoms with van der Waals surface area (Å²) >= 11 is 1.12. The summed E-state index contributed by atoms with van der Waals surface area (Å²) < 4.78 is 18.6. The van der Waals surface area contributed by atoms with Gasteiger partial charge in [-0.2, -0.15) is 0 Å². The first-order valence-corrected chi connectivity index (χ1v) is 10.5. The number of rotatable bonds is 5. The van der Waals surface area contributed by atoms with E-state index in [2.05, 4.69) is 20.8 Å². The minimum absolute atomic E-state index is 0.149. The molecule has 0 saturated carbocycles. The van der Waals surface area contributed by atoms with Crippen LogP contribution < -0.4 is 15.4 Å². The number of likely N-dealkylation sites (tertiary alicyclic amines) is 1. The average Bonchev–Trinajstić information content (AvgIpc) is 3.44. The molecule has 0 bridgehead atoms.